The Hall–Kier alpha value is -7.39. The number of rotatable bonds is 15. The summed E-state index contributed by atoms with van der Waals surface area (Å²) in [5, 5.41) is 29.3. The van der Waals surface area contributed by atoms with Crippen molar-refractivity contribution in [2.45, 2.75) is 57.0 Å². The van der Waals surface area contributed by atoms with Crippen LogP contribution in [-0.4, -0.2) is 114 Å². The van der Waals surface area contributed by atoms with Gasteiger partial charge in [-0.25, -0.2) is 8.78 Å². The highest BCUT2D eigenvalue weighted by molar-refractivity contribution is 6.11. The third-order valence-electron chi connectivity index (χ3n) is 12.2. The Labute approximate surface area is 379 Å². The number of benzene rings is 4. The minimum atomic E-state index is -0.661. The van der Waals surface area contributed by atoms with Crippen LogP contribution in [0.1, 0.15) is 65.6 Å². The molecule has 1 aromatic heterocycles. The molecule has 0 bridgehead atoms. The van der Waals surface area contributed by atoms with Crippen LogP contribution in [0.5, 0.6) is 0 Å². The number of carbonyl (C=O) groups is 5. The van der Waals surface area contributed by atoms with Crippen LogP contribution in [0.3, 0.4) is 0 Å². The summed E-state index contributed by atoms with van der Waals surface area (Å²) in [6.07, 6.45) is 2.66. The summed E-state index contributed by atoms with van der Waals surface area (Å²) in [7, 11) is 0. The topological polar surface area (TPSA) is 205 Å². The Morgan fingerprint density at radius 1 is 0.788 bits per heavy atom. The molecule has 1 unspecified atom stereocenters. The number of piperazine rings is 1. The van der Waals surface area contributed by atoms with Crippen molar-refractivity contribution in [3.05, 3.63) is 113 Å². The van der Waals surface area contributed by atoms with Gasteiger partial charge in [-0.3, -0.25) is 34.4 Å². The molecular formula is C48H50F2N10O6. The van der Waals surface area contributed by atoms with Gasteiger partial charge in [0.2, 0.25) is 23.6 Å². The zero-order chi connectivity index (χ0) is 46.2. The third-order valence-corrected chi connectivity index (χ3v) is 12.2. The van der Waals surface area contributed by atoms with Gasteiger partial charge >= 0.3 is 0 Å². The molecule has 5 N–H and O–H groups in total. The van der Waals surface area contributed by atoms with Gasteiger partial charge in [-0.2, -0.15) is 10.4 Å². The van der Waals surface area contributed by atoms with Crippen LogP contribution >= 0.6 is 0 Å². The standard InChI is InChI=1S/C48H50F2N10O6/c49-33-24-32(25-34(50)28-33)23-30-2-8-40-39(26-30)46(57-56-40)55-47(64)38-7-1-31(29-51)27-42(38)53-36-11-15-59(16-12-36)44(62)13-21-66-22-14-45(63)60-19-17-58(18-20-60)37-5-3-35(4-6-37)52-41-9-10-43(61)54-48(41)65/h1-8,24-28,36,41,52-53H,9-23H2,(H,54,61,65)(H2,55,56,57,64). The van der Waals surface area contributed by atoms with Gasteiger partial charge in [0.1, 0.15) is 17.7 Å². The number of H-pyrrole nitrogens is 1. The molecule has 18 heteroatoms. The number of piperidine rings is 2. The number of fused-ring (bicyclic) bond motifs is 1. The average molecular weight is 901 g/mol. The zero-order valence-corrected chi connectivity index (χ0v) is 36.2. The van der Waals surface area contributed by atoms with Crippen LogP contribution in [0, 0.1) is 23.0 Å². The number of imide groups is 1. The number of nitrogens with one attached hydrogen (secondary N) is 5. The maximum Gasteiger partial charge on any atom is 0.258 e. The second kappa shape index (κ2) is 20.6. The lowest BCUT2D eigenvalue weighted by Crippen LogP contribution is -2.49. The van der Waals surface area contributed by atoms with Crippen molar-refractivity contribution in [2.75, 3.05) is 73.3 Å². The first-order chi connectivity index (χ1) is 32.0. The summed E-state index contributed by atoms with van der Waals surface area (Å²) >= 11 is 0. The minimum absolute atomic E-state index is 0.00222. The number of nitriles is 1. The number of nitrogens with zero attached hydrogens (tertiary/aromatic N) is 5. The van der Waals surface area contributed by atoms with Crippen LogP contribution in [-0.2, 0) is 30.3 Å². The second-order valence-electron chi connectivity index (χ2n) is 16.7. The molecule has 0 aliphatic carbocycles. The first-order valence-corrected chi connectivity index (χ1v) is 22.1. The van der Waals surface area contributed by atoms with Crippen molar-refractivity contribution >= 4 is 63.3 Å². The SMILES string of the molecule is N#Cc1ccc(C(=O)Nc2n[nH]c3ccc(Cc4cc(F)cc(F)c4)cc23)c(NC2CCN(C(=O)CCOCCC(=O)N3CCN(c4ccc(NC5CCC(=O)NC5=O)cc4)CC3)CC2)c1. The number of ether oxygens (including phenoxy) is 1. The molecule has 3 aliphatic heterocycles. The number of halogens is 2. The highest BCUT2D eigenvalue weighted by Gasteiger charge is 2.28. The minimum Gasteiger partial charge on any atom is -0.381 e. The van der Waals surface area contributed by atoms with Gasteiger partial charge in [0, 0.05) is 80.2 Å². The normalized spacial score (nSPS) is 16.7. The summed E-state index contributed by atoms with van der Waals surface area (Å²) < 4.78 is 33.4. The lowest BCUT2D eigenvalue weighted by atomic mass is 10.0. The van der Waals surface area contributed by atoms with E-state index in [1.165, 1.54) is 12.1 Å². The van der Waals surface area contributed by atoms with E-state index in [-0.39, 0.29) is 68.0 Å². The number of aromatic amines is 1. The fourth-order valence-corrected chi connectivity index (χ4v) is 8.57. The maximum atomic E-state index is 13.8. The van der Waals surface area contributed by atoms with Crippen LogP contribution in [0.2, 0.25) is 0 Å². The van der Waals surface area contributed by atoms with Crippen molar-refractivity contribution < 1.29 is 37.5 Å². The number of hydrogen-bond acceptors (Lipinski definition) is 11. The summed E-state index contributed by atoms with van der Waals surface area (Å²) in [5.74, 6) is -2.10. The Bertz CT molecular complexity index is 2630. The highest BCUT2D eigenvalue weighted by atomic mass is 19.1. The van der Waals surface area contributed by atoms with E-state index in [1.54, 1.807) is 35.2 Å². The number of aromatic nitrogens is 2. The van der Waals surface area contributed by atoms with Crippen molar-refractivity contribution in [1.29, 1.82) is 5.26 Å². The molecule has 0 radical (unpaired) electrons. The number of likely N-dealkylation sites (tertiary alicyclic amines) is 1. The fraction of sp³-hybridized carbons (Fsp3) is 0.354. The Morgan fingerprint density at radius 2 is 1.48 bits per heavy atom. The summed E-state index contributed by atoms with van der Waals surface area (Å²) in [5.41, 5.74) is 4.85. The molecule has 16 nitrogen and oxygen atoms in total. The first kappa shape index (κ1) is 45.2. The second-order valence-corrected chi connectivity index (χ2v) is 16.7. The molecule has 4 aromatic carbocycles. The number of carbonyl (C=O) groups excluding carboxylic acids is 5. The maximum absolute atomic E-state index is 13.8. The molecule has 8 rings (SSSR count). The monoisotopic (exact) mass is 900 g/mol. The van der Waals surface area contributed by atoms with E-state index in [0.29, 0.717) is 98.2 Å². The molecule has 1 atom stereocenters. The Balaban J connectivity index is 0.746. The van der Waals surface area contributed by atoms with Crippen LogP contribution in [0.25, 0.3) is 10.9 Å². The van der Waals surface area contributed by atoms with E-state index in [1.807, 2.05) is 35.2 Å². The van der Waals surface area contributed by atoms with E-state index < -0.39 is 23.6 Å². The Morgan fingerprint density at radius 3 is 2.17 bits per heavy atom. The predicted octanol–water partition coefficient (Wildman–Crippen LogP) is 5.32. The summed E-state index contributed by atoms with van der Waals surface area (Å²) in [6, 6.07) is 22.9. The van der Waals surface area contributed by atoms with E-state index in [4.69, 9.17) is 4.74 Å². The van der Waals surface area contributed by atoms with E-state index in [0.717, 1.165) is 23.0 Å². The van der Waals surface area contributed by atoms with Crippen LogP contribution in [0.15, 0.2) is 78.9 Å². The zero-order valence-electron chi connectivity index (χ0n) is 36.2. The molecule has 5 amide bonds. The quantitative estimate of drug-likeness (QED) is 0.0672. The first-order valence-electron chi connectivity index (χ1n) is 22.1. The van der Waals surface area contributed by atoms with E-state index in [9.17, 15) is 38.0 Å². The van der Waals surface area contributed by atoms with Gasteiger partial charge in [0.15, 0.2) is 5.82 Å². The number of anilines is 4. The lowest BCUT2D eigenvalue weighted by molar-refractivity contribution is -0.135. The van der Waals surface area contributed by atoms with Crippen LogP contribution in [0.4, 0.5) is 31.7 Å². The molecule has 3 aliphatic rings. The number of hydrogen-bond donors (Lipinski definition) is 5. The smallest absolute Gasteiger partial charge is 0.258 e. The van der Waals surface area contributed by atoms with Gasteiger partial charge in [-0.15, -0.1) is 0 Å². The van der Waals surface area contributed by atoms with Crippen LogP contribution < -0.4 is 26.2 Å². The van der Waals surface area contributed by atoms with E-state index >= 15 is 0 Å². The summed E-state index contributed by atoms with van der Waals surface area (Å²) in [6.45, 7) is 3.91. The molecule has 0 spiro atoms. The van der Waals surface area contributed by atoms with E-state index in [2.05, 4.69) is 42.4 Å². The summed E-state index contributed by atoms with van der Waals surface area (Å²) in [4.78, 5) is 69.1. The average Bonchev–Trinajstić information content (AvgIpc) is 3.71. The predicted molar refractivity (Wildman–Crippen MR) is 243 cm³/mol. The molecule has 4 heterocycles. The van der Waals surface area contributed by atoms with Gasteiger partial charge in [0.05, 0.1) is 48.8 Å². The molecule has 66 heavy (non-hydrogen) atoms. The lowest BCUT2D eigenvalue weighted by Gasteiger charge is -2.36. The third kappa shape index (κ3) is 11.3. The molecule has 3 saturated heterocycles. The molecule has 342 valence electrons. The van der Waals surface area contributed by atoms with Gasteiger partial charge in [-0.1, -0.05) is 6.07 Å². The number of amides is 5. The Kier molecular flexibility index (Phi) is 14.1. The van der Waals surface area contributed by atoms with Crippen molar-refractivity contribution in [2.24, 2.45) is 0 Å². The molecular weight excluding hydrogens is 851 g/mol. The highest BCUT2D eigenvalue weighted by Crippen LogP contribution is 2.28. The van der Waals surface area contributed by atoms with Crippen molar-refractivity contribution in [1.82, 2.24) is 25.3 Å². The van der Waals surface area contributed by atoms with Gasteiger partial charge in [0.25, 0.3) is 5.91 Å². The van der Waals surface area contributed by atoms with Gasteiger partial charge < -0.3 is 35.4 Å². The largest absolute Gasteiger partial charge is 0.381 e. The fourth-order valence-electron chi connectivity index (χ4n) is 8.57. The van der Waals surface area contributed by atoms with Crippen molar-refractivity contribution in [3.63, 3.8) is 0 Å². The van der Waals surface area contributed by atoms with Gasteiger partial charge in [-0.05, 0) is 104 Å². The molecule has 0 saturated carbocycles. The molecule has 3 fully saturated rings. The van der Waals surface area contributed by atoms with Crippen molar-refractivity contribution in [3.8, 4) is 6.07 Å². The molecule has 5 aromatic rings.